The summed E-state index contributed by atoms with van der Waals surface area (Å²) in [6.07, 6.45) is 0. The van der Waals surface area contributed by atoms with Gasteiger partial charge in [-0.15, -0.1) is 0 Å². The SMILES string of the molecule is CC(C)(C)CNCc1ccccc1F. The van der Waals surface area contributed by atoms with E-state index in [-0.39, 0.29) is 11.2 Å². The van der Waals surface area contributed by atoms with E-state index in [1.807, 2.05) is 12.1 Å². The molecule has 0 amide bonds. The van der Waals surface area contributed by atoms with Gasteiger partial charge in [0.25, 0.3) is 0 Å². The topological polar surface area (TPSA) is 12.0 Å². The van der Waals surface area contributed by atoms with Crippen molar-refractivity contribution in [2.75, 3.05) is 6.54 Å². The molecule has 0 bridgehead atoms. The maximum Gasteiger partial charge on any atom is 0.127 e. The highest BCUT2D eigenvalue weighted by molar-refractivity contribution is 5.16. The molecular formula is C12H18FN. The normalized spacial score (nSPS) is 11.7. The van der Waals surface area contributed by atoms with Crippen LogP contribution >= 0.6 is 0 Å². The zero-order valence-corrected chi connectivity index (χ0v) is 9.10. The molecule has 0 spiro atoms. The molecule has 0 aromatic heterocycles. The Morgan fingerprint density at radius 3 is 2.43 bits per heavy atom. The molecule has 0 heterocycles. The van der Waals surface area contributed by atoms with Gasteiger partial charge in [-0.3, -0.25) is 0 Å². The number of nitrogens with one attached hydrogen (secondary N) is 1. The Kier molecular flexibility index (Phi) is 3.64. The highest BCUT2D eigenvalue weighted by Gasteiger charge is 2.09. The average molecular weight is 195 g/mol. The Morgan fingerprint density at radius 1 is 1.21 bits per heavy atom. The molecule has 1 aromatic rings. The maximum atomic E-state index is 13.2. The molecule has 14 heavy (non-hydrogen) atoms. The van der Waals surface area contributed by atoms with E-state index in [9.17, 15) is 4.39 Å². The van der Waals surface area contributed by atoms with Crippen molar-refractivity contribution in [1.29, 1.82) is 0 Å². The molecule has 0 fully saturated rings. The Hall–Kier alpha value is -0.890. The van der Waals surface area contributed by atoms with Gasteiger partial charge < -0.3 is 5.32 Å². The third-order valence-electron chi connectivity index (χ3n) is 1.93. The highest BCUT2D eigenvalue weighted by Crippen LogP contribution is 2.11. The average Bonchev–Trinajstić information content (AvgIpc) is 2.06. The Morgan fingerprint density at radius 2 is 1.86 bits per heavy atom. The molecular weight excluding hydrogens is 177 g/mol. The van der Waals surface area contributed by atoms with Crippen molar-refractivity contribution in [3.05, 3.63) is 35.6 Å². The van der Waals surface area contributed by atoms with Gasteiger partial charge in [0.2, 0.25) is 0 Å². The summed E-state index contributed by atoms with van der Waals surface area (Å²) >= 11 is 0. The first-order valence-electron chi connectivity index (χ1n) is 4.93. The molecule has 1 rings (SSSR count). The van der Waals surface area contributed by atoms with Gasteiger partial charge in [0.15, 0.2) is 0 Å². The third-order valence-corrected chi connectivity index (χ3v) is 1.93. The fraction of sp³-hybridized carbons (Fsp3) is 0.500. The van der Waals surface area contributed by atoms with Crippen LogP contribution in [0, 0.1) is 11.2 Å². The summed E-state index contributed by atoms with van der Waals surface area (Å²) in [5.41, 5.74) is 0.974. The van der Waals surface area contributed by atoms with E-state index in [0.717, 1.165) is 12.1 Å². The monoisotopic (exact) mass is 195 g/mol. The quantitative estimate of drug-likeness (QED) is 0.782. The van der Waals surface area contributed by atoms with E-state index in [4.69, 9.17) is 0 Å². The second kappa shape index (κ2) is 4.56. The fourth-order valence-electron chi connectivity index (χ4n) is 1.21. The lowest BCUT2D eigenvalue weighted by Crippen LogP contribution is -2.26. The minimum Gasteiger partial charge on any atom is -0.312 e. The summed E-state index contributed by atoms with van der Waals surface area (Å²) in [7, 11) is 0. The number of halogens is 1. The lowest BCUT2D eigenvalue weighted by Gasteiger charge is -2.18. The van der Waals surface area contributed by atoms with Crippen molar-refractivity contribution < 1.29 is 4.39 Å². The molecule has 0 saturated heterocycles. The van der Waals surface area contributed by atoms with Crippen LogP contribution in [0.2, 0.25) is 0 Å². The summed E-state index contributed by atoms with van der Waals surface area (Å²) in [4.78, 5) is 0. The van der Waals surface area contributed by atoms with Gasteiger partial charge in [-0.25, -0.2) is 4.39 Å². The second-order valence-corrected chi connectivity index (χ2v) is 4.76. The maximum absolute atomic E-state index is 13.2. The molecule has 0 aliphatic carbocycles. The largest absolute Gasteiger partial charge is 0.312 e. The highest BCUT2D eigenvalue weighted by atomic mass is 19.1. The summed E-state index contributed by atoms with van der Waals surface area (Å²) in [5.74, 6) is -0.131. The van der Waals surface area contributed by atoms with Crippen LogP contribution in [0.3, 0.4) is 0 Å². The van der Waals surface area contributed by atoms with Crippen molar-refractivity contribution in [3.8, 4) is 0 Å². The molecule has 0 unspecified atom stereocenters. The minimum absolute atomic E-state index is 0.131. The van der Waals surface area contributed by atoms with Crippen molar-refractivity contribution in [2.45, 2.75) is 27.3 Å². The predicted molar refractivity (Wildman–Crippen MR) is 57.6 cm³/mol. The predicted octanol–water partition coefficient (Wildman–Crippen LogP) is 2.96. The van der Waals surface area contributed by atoms with Crippen molar-refractivity contribution in [1.82, 2.24) is 5.32 Å². The Bertz CT molecular complexity index is 289. The molecule has 0 radical (unpaired) electrons. The first-order valence-corrected chi connectivity index (χ1v) is 4.93. The van der Waals surface area contributed by atoms with Crippen LogP contribution in [0.5, 0.6) is 0 Å². The number of hydrogen-bond acceptors (Lipinski definition) is 1. The van der Waals surface area contributed by atoms with Gasteiger partial charge >= 0.3 is 0 Å². The van der Waals surface area contributed by atoms with Crippen molar-refractivity contribution in [2.24, 2.45) is 5.41 Å². The molecule has 1 N–H and O–H groups in total. The van der Waals surface area contributed by atoms with Gasteiger partial charge in [0, 0.05) is 18.7 Å². The molecule has 0 saturated carbocycles. The van der Waals surface area contributed by atoms with Gasteiger partial charge in [-0.2, -0.15) is 0 Å². The van der Waals surface area contributed by atoms with Crippen molar-refractivity contribution >= 4 is 0 Å². The van der Waals surface area contributed by atoms with Crippen LogP contribution in [0.1, 0.15) is 26.3 Å². The minimum atomic E-state index is -0.131. The van der Waals surface area contributed by atoms with Crippen LogP contribution in [0.25, 0.3) is 0 Å². The van der Waals surface area contributed by atoms with E-state index in [1.165, 1.54) is 6.07 Å². The van der Waals surface area contributed by atoms with Gasteiger partial charge in [0.05, 0.1) is 0 Å². The second-order valence-electron chi connectivity index (χ2n) is 4.76. The summed E-state index contributed by atoms with van der Waals surface area (Å²) < 4.78 is 13.2. The first kappa shape index (κ1) is 11.2. The van der Waals surface area contributed by atoms with Crippen LogP contribution in [0.4, 0.5) is 4.39 Å². The fourth-order valence-corrected chi connectivity index (χ4v) is 1.21. The molecule has 2 heteroatoms. The number of hydrogen-bond donors (Lipinski definition) is 1. The van der Waals surface area contributed by atoms with E-state index >= 15 is 0 Å². The van der Waals surface area contributed by atoms with Crippen LogP contribution in [-0.4, -0.2) is 6.54 Å². The first-order chi connectivity index (χ1) is 6.49. The number of rotatable bonds is 3. The molecule has 0 aliphatic rings. The Labute approximate surface area is 85.3 Å². The third kappa shape index (κ3) is 3.88. The summed E-state index contributed by atoms with van der Waals surface area (Å²) in [6, 6.07) is 6.87. The van der Waals surface area contributed by atoms with E-state index in [0.29, 0.717) is 6.54 Å². The van der Waals surface area contributed by atoms with Gasteiger partial charge in [-0.1, -0.05) is 39.0 Å². The van der Waals surface area contributed by atoms with Gasteiger partial charge in [0.1, 0.15) is 5.82 Å². The van der Waals surface area contributed by atoms with Crippen LogP contribution < -0.4 is 5.32 Å². The smallest absolute Gasteiger partial charge is 0.127 e. The molecule has 1 nitrogen and oxygen atoms in total. The summed E-state index contributed by atoms with van der Waals surface area (Å²) in [5, 5.41) is 3.24. The molecule has 0 aliphatic heterocycles. The van der Waals surface area contributed by atoms with Crippen molar-refractivity contribution in [3.63, 3.8) is 0 Å². The lowest BCUT2D eigenvalue weighted by molar-refractivity contribution is 0.377. The van der Waals surface area contributed by atoms with E-state index < -0.39 is 0 Å². The molecule has 78 valence electrons. The van der Waals surface area contributed by atoms with Crippen LogP contribution in [-0.2, 0) is 6.54 Å². The molecule has 1 aromatic carbocycles. The zero-order valence-electron chi connectivity index (χ0n) is 9.10. The van der Waals surface area contributed by atoms with E-state index in [1.54, 1.807) is 6.07 Å². The number of benzene rings is 1. The standard InChI is InChI=1S/C12H18FN/c1-12(2,3)9-14-8-10-6-4-5-7-11(10)13/h4-7,14H,8-9H2,1-3H3. The van der Waals surface area contributed by atoms with Gasteiger partial charge in [-0.05, 0) is 11.5 Å². The lowest BCUT2D eigenvalue weighted by atomic mass is 9.97. The van der Waals surface area contributed by atoms with E-state index in [2.05, 4.69) is 26.1 Å². The summed E-state index contributed by atoms with van der Waals surface area (Å²) in [6.45, 7) is 7.95. The Balaban J connectivity index is 2.43. The van der Waals surface area contributed by atoms with Crippen LogP contribution in [0.15, 0.2) is 24.3 Å². The zero-order chi connectivity index (χ0) is 10.6. The molecule has 0 atom stereocenters.